The van der Waals surface area contributed by atoms with Crippen LogP contribution in [0.4, 0.5) is 0 Å². The molecule has 1 N–H and O–H groups in total. The van der Waals surface area contributed by atoms with Crippen molar-refractivity contribution in [1.82, 2.24) is 4.90 Å². The van der Waals surface area contributed by atoms with E-state index in [0.717, 1.165) is 23.1 Å². The molecule has 0 saturated heterocycles. The van der Waals surface area contributed by atoms with E-state index in [4.69, 9.17) is 5.11 Å². The molecule has 0 bridgehead atoms. The molecule has 0 aromatic heterocycles. The van der Waals surface area contributed by atoms with Gasteiger partial charge in [-0.25, -0.2) is 4.79 Å². The number of aromatic carboxylic acids is 1. The number of halogens is 1. The maximum absolute atomic E-state index is 10.8. The third-order valence-electron chi connectivity index (χ3n) is 2.88. The van der Waals surface area contributed by atoms with E-state index in [1.165, 1.54) is 19.3 Å². The second-order valence-electron chi connectivity index (χ2n) is 4.56. The van der Waals surface area contributed by atoms with Gasteiger partial charge < -0.3 is 10.0 Å². The largest absolute Gasteiger partial charge is 0.478 e. The summed E-state index contributed by atoms with van der Waals surface area (Å²) in [6.07, 6.45) is 3.69. The van der Waals surface area contributed by atoms with Gasteiger partial charge >= 0.3 is 5.97 Å². The molecule has 0 aliphatic heterocycles. The second kappa shape index (κ2) is 7.54. The molecule has 0 spiro atoms. The highest BCUT2D eigenvalue weighted by Crippen LogP contribution is 2.20. The number of rotatable bonds is 7. The minimum atomic E-state index is -0.890. The zero-order valence-corrected chi connectivity index (χ0v) is 12.5. The summed E-state index contributed by atoms with van der Waals surface area (Å²) in [5, 5.41) is 8.89. The van der Waals surface area contributed by atoms with E-state index >= 15 is 0 Å². The van der Waals surface area contributed by atoms with E-state index in [0.29, 0.717) is 5.56 Å². The van der Waals surface area contributed by atoms with Crippen molar-refractivity contribution in [3.63, 3.8) is 0 Å². The van der Waals surface area contributed by atoms with Gasteiger partial charge in [0.15, 0.2) is 0 Å². The molecule has 0 heterocycles. The van der Waals surface area contributed by atoms with Gasteiger partial charge in [0.2, 0.25) is 0 Å². The number of carbonyl (C=O) groups is 1. The Hall–Kier alpha value is -0.870. The highest BCUT2D eigenvalue weighted by Gasteiger charge is 2.08. The number of carboxylic acids is 1. The van der Waals surface area contributed by atoms with E-state index in [1.54, 1.807) is 12.1 Å². The standard InChI is InChI=1S/C14H20BrNO2/c1-3-4-5-8-16(2)10-12-7-6-11(14(17)18)9-13(12)15/h6-7,9H,3-5,8,10H2,1-2H3,(H,17,18). The van der Waals surface area contributed by atoms with Crippen molar-refractivity contribution < 1.29 is 9.90 Å². The predicted molar refractivity (Wildman–Crippen MR) is 77.0 cm³/mol. The molecule has 0 aliphatic rings. The molecule has 0 atom stereocenters. The molecule has 0 unspecified atom stereocenters. The summed E-state index contributed by atoms with van der Waals surface area (Å²) in [7, 11) is 2.09. The van der Waals surface area contributed by atoms with Gasteiger partial charge in [-0.05, 0) is 37.7 Å². The molecule has 18 heavy (non-hydrogen) atoms. The minimum absolute atomic E-state index is 0.319. The van der Waals surface area contributed by atoms with Crippen LogP contribution in [-0.4, -0.2) is 29.6 Å². The average Bonchev–Trinajstić information content (AvgIpc) is 2.32. The van der Waals surface area contributed by atoms with Crippen molar-refractivity contribution in [1.29, 1.82) is 0 Å². The smallest absolute Gasteiger partial charge is 0.335 e. The quantitative estimate of drug-likeness (QED) is 0.779. The number of unbranched alkanes of at least 4 members (excludes halogenated alkanes) is 2. The third kappa shape index (κ3) is 4.78. The molecule has 4 heteroatoms. The van der Waals surface area contributed by atoms with Gasteiger partial charge in [0.1, 0.15) is 0 Å². The third-order valence-corrected chi connectivity index (χ3v) is 3.62. The lowest BCUT2D eigenvalue weighted by Crippen LogP contribution is -2.19. The first-order valence-corrected chi connectivity index (χ1v) is 7.04. The summed E-state index contributed by atoms with van der Waals surface area (Å²) in [6, 6.07) is 5.20. The average molecular weight is 314 g/mol. The normalized spacial score (nSPS) is 10.9. The lowest BCUT2D eigenvalue weighted by atomic mass is 10.1. The molecule has 1 aromatic rings. The summed E-state index contributed by atoms with van der Waals surface area (Å²) in [4.78, 5) is 13.1. The molecule has 100 valence electrons. The van der Waals surface area contributed by atoms with E-state index in [-0.39, 0.29) is 0 Å². The first-order valence-electron chi connectivity index (χ1n) is 6.25. The SMILES string of the molecule is CCCCCN(C)Cc1ccc(C(=O)O)cc1Br. The van der Waals surface area contributed by atoms with E-state index < -0.39 is 5.97 Å². The Morgan fingerprint density at radius 2 is 2.11 bits per heavy atom. The number of carboxylic acid groups (broad SMARTS) is 1. The van der Waals surface area contributed by atoms with Crippen LogP contribution in [-0.2, 0) is 6.54 Å². The van der Waals surface area contributed by atoms with Crippen molar-refractivity contribution in [2.45, 2.75) is 32.7 Å². The molecule has 0 radical (unpaired) electrons. The van der Waals surface area contributed by atoms with Crippen molar-refractivity contribution in [3.8, 4) is 0 Å². The van der Waals surface area contributed by atoms with Gasteiger partial charge in [-0.1, -0.05) is 41.8 Å². The number of nitrogens with zero attached hydrogens (tertiary/aromatic N) is 1. The number of hydrogen-bond donors (Lipinski definition) is 1. The number of hydrogen-bond acceptors (Lipinski definition) is 2. The van der Waals surface area contributed by atoms with Crippen LogP contribution in [0, 0.1) is 0 Å². The van der Waals surface area contributed by atoms with Crippen molar-refractivity contribution in [2.24, 2.45) is 0 Å². The molecular formula is C14H20BrNO2. The molecular weight excluding hydrogens is 294 g/mol. The van der Waals surface area contributed by atoms with Crippen LogP contribution in [0.15, 0.2) is 22.7 Å². The fourth-order valence-corrected chi connectivity index (χ4v) is 2.31. The topological polar surface area (TPSA) is 40.5 Å². The molecule has 0 saturated carbocycles. The Morgan fingerprint density at radius 3 is 2.67 bits per heavy atom. The van der Waals surface area contributed by atoms with Crippen molar-refractivity contribution >= 4 is 21.9 Å². The molecule has 1 rings (SSSR count). The van der Waals surface area contributed by atoms with E-state index in [2.05, 4.69) is 34.8 Å². The Bertz CT molecular complexity index is 407. The summed E-state index contributed by atoms with van der Waals surface area (Å²) in [5.74, 6) is -0.890. The van der Waals surface area contributed by atoms with Crippen LogP contribution >= 0.6 is 15.9 Å². The second-order valence-corrected chi connectivity index (χ2v) is 5.41. The predicted octanol–water partition coefficient (Wildman–Crippen LogP) is 3.77. The van der Waals surface area contributed by atoms with E-state index in [1.807, 2.05) is 6.07 Å². The van der Waals surface area contributed by atoms with Gasteiger partial charge in [-0.2, -0.15) is 0 Å². The Kier molecular flexibility index (Phi) is 6.36. The first-order chi connectivity index (χ1) is 8.54. The zero-order valence-electron chi connectivity index (χ0n) is 10.9. The van der Waals surface area contributed by atoms with Crippen LogP contribution in [0.2, 0.25) is 0 Å². The Labute approximate surface area is 117 Å². The van der Waals surface area contributed by atoms with Gasteiger partial charge in [-0.15, -0.1) is 0 Å². The van der Waals surface area contributed by atoms with Crippen LogP contribution in [0.1, 0.15) is 42.1 Å². The van der Waals surface area contributed by atoms with Gasteiger partial charge in [0.05, 0.1) is 5.56 Å². The number of benzene rings is 1. The maximum atomic E-state index is 10.8. The molecule has 0 amide bonds. The monoisotopic (exact) mass is 313 g/mol. The van der Waals surface area contributed by atoms with Crippen LogP contribution in [0.3, 0.4) is 0 Å². The van der Waals surface area contributed by atoms with Crippen LogP contribution in [0.5, 0.6) is 0 Å². The maximum Gasteiger partial charge on any atom is 0.335 e. The van der Waals surface area contributed by atoms with Crippen molar-refractivity contribution in [3.05, 3.63) is 33.8 Å². The fraction of sp³-hybridized carbons (Fsp3) is 0.500. The summed E-state index contributed by atoms with van der Waals surface area (Å²) in [6.45, 7) is 4.10. The van der Waals surface area contributed by atoms with Gasteiger partial charge in [0, 0.05) is 11.0 Å². The van der Waals surface area contributed by atoms with Gasteiger partial charge in [0.25, 0.3) is 0 Å². The summed E-state index contributed by atoms with van der Waals surface area (Å²) >= 11 is 3.44. The lowest BCUT2D eigenvalue weighted by molar-refractivity contribution is 0.0697. The lowest BCUT2D eigenvalue weighted by Gasteiger charge is -2.17. The van der Waals surface area contributed by atoms with Gasteiger partial charge in [-0.3, -0.25) is 0 Å². The van der Waals surface area contributed by atoms with Crippen LogP contribution < -0.4 is 0 Å². The van der Waals surface area contributed by atoms with Crippen LogP contribution in [0.25, 0.3) is 0 Å². The summed E-state index contributed by atoms with van der Waals surface area (Å²) < 4.78 is 0.866. The Balaban J connectivity index is 2.59. The molecule has 1 aromatic carbocycles. The highest BCUT2D eigenvalue weighted by atomic mass is 79.9. The molecule has 0 aliphatic carbocycles. The highest BCUT2D eigenvalue weighted by molar-refractivity contribution is 9.10. The fourth-order valence-electron chi connectivity index (χ4n) is 1.81. The van der Waals surface area contributed by atoms with Crippen molar-refractivity contribution in [2.75, 3.05) is 13.6 Å². The summed E-state index contributed by atoms with van der Waals surface area (Å²) in [5.41, 5.74) is 1.44. The minimum Gasteiger partial charge on any atom is -0.478 e. The molecule has 3 nitrogen and oxygen atoms in total. The van der Waals surface area contributed by atoms with E-state index in [9.17, 15) is 4.79 Å². The molecule has 0 fully saturated rings. The Morgan fingerprint density at radius 1 is 1.39 bits per heavy atom. The zero-order chi connectivity index (χ0) is 13.5. The first kappa shape index (κ1) is 15.2.